The Bertz CT molecular complexity index is 659. The lowest BCUT2D eigenvalue weighted by Crippen LogP contribution is -2.35. The summed E-state index contributed by atoms with van der Waals surface area (Å²) in [7, 11) is 0. The lowest BCUT2D eigenvalue weighted by Gasteiger charge is -2.28. The molecule has 1 N–H and O–H groups in total. The minimum atomic E-state index is -0.0710. The van der Waals surface area contributed by atoms with Gasteiger partial charge in [-0.1, -0.05) is 30.3 Å². The van der Waals surface area contributed by atoms with E-state index in [0.717, 1.165) is 11.1 Å². The Morgan fingerprint density at radius 1 is 1.12 bits per heavy atom. The molecule has 24 heavy (non-hydrogen) atoms. The van der Waals surface area contributed by atoms with Crippen molar-refractivity contribution in [1.29, 1.82) is 0 Å². The molecule has 0 bridgehead atoms. The molecule has 0 aliphatic rings. The molecule has 0 fully saturated rings. The fourth-order valence-corrected chi connectivity index (χ4v) is 2.55. The van der Waals surface area contributed by atoms with Gasteiger partial charge in [-0.25, -0.2) is 0 Å². The fourth-order valence-electron chi connectivity index (χ4n) is 2.55. The molecule has 5 nitrogen and oxygen atoms in total. The fraction of sp³-hybridized carbons (Fsp3) is 0.316. The molecule has 0 spiro atoms. The van der Waals surface area contributed by atoms with E-state index in [1.807, 2.05) is 49.4 Å². The SMILES string of the molecule is CC(=O)N(CCC(=O)NCc1ccncc1)C(C)c1ccccc1. The van der Waals surface area contributed by atoms with Crippen molar-refractivity contribution in [2.45, 2.75) is 32.9 Å². The predicted octanol–water partition coefficient (Wildman–Crippen LogP) is 2.70. The van der Waals surface area contributed by atoms with Gasteiger partial charge in [0.15, 0.2) is 0 Å². The first-order valence-corrected chi connectivity index (χ1v) is 8.05. The van der Waals surface area contributed by atoms with Crippen molar-refractivity contribution >= 4 is 11.8 Å². The molecule has 0 aliphatic carbocycles. The number of carbonyl (C=O) groups excluding carboxylic acids is 2. The lowest BCUT2D eigenvalue weighted by molar-refractivity contribution is -0.131. The molecule has 2 aromatic rings. The quantitative estimate of drug-likeness (QED) is 0.851. The maximum absolute atomic E-state index is 12.0. The lowest BCUT2D eigenvalue weighted by atomic mass is 10.1. The zero-order valence-electron chi connectivity index (χ0n) is 14.1. The predicted molar refractivity (Wildman–Crippen MR) is 92.9 cm³/mol. The third kappa shape index (κ3) is 5.19. The van der Waals surface area contributed by atoms with Crippen LogP contribution >= 0.6 is 0 Å². The van der Waals surface area contributed by atoms with Crippen molar-refractivity contribution < 1.29 is 9.59 Å². The normalized spacial score (nSPS) is 11.6. The maximum atomic E-state index is 12.0. The zero-order chi connectivity index (χ0) is 17.4. The van der Waals surface area contributed by atoms with Crippen molar-refractivity contribution in [2.75, 3.05) is 6.54 Å². The molecule has 1 unspecified atom stereocenters. The molecule has 0 radical (unpaired) electrons. The first-order valence-electron chi connectivity index (χ1n) is 8.05. The summed E-state index contributed by atoms with van der Waals surface area (Å²) in [5.74, 6) is -0.105. The summed E-state index contributed by atoms with van der Waals surface area (Å²) in [5.41, 5.74) is 2.06. The van der Waals surface area contributed by atoms with Gasteiger partial charge in [0.2, 0.25) is 11.8 Å². The smallest absolute Gasteiger partial charge is 0.222 e. The molecule has 1 aromatic carbocycles. The van der Waals surface area contributed by atoms with Crippen LogP contribution in [0, 0.1) is 0 Å². The van der Waals surface area contributed by atoms with Crippen LogP contribution in [0.4, 0.5) is 0 Å². The second kappa shape index (κ2) is 8.82. The summed E-state index contributed by atoms with van der Waals surface area (Å²) >= 11 is 0. The molecule has 2 rings (SSSR count). The van der Waals surface area contributed by atoms with Crippen LogP contribution in [0.1, 0.15) is 37.4 Å². The van der Waals surface area contributed by atoms with E-state index in [0.29, 0.717) is 13.1 Å². The molecule has 1 atom stereocenters. The number of hydrogen-bond acceptors (Lipinski definition) is 3. The largest absolute Gasteiger partial charge is 0.352 e. The van der Waals surface area contributed by atoms with Crippen LogP contribution in [-0.2, 0) is 16.1 Å². The Balaban J connectivity index is 1.87. The van der Waals surface area contributed by atoms with Crippen LogP contribution in [0.25, 0.3) is 0 Å². The van der Waals surface area contributed by atoms with Crippen molar-refractivity contribution in [3.63, 3.8) is 0 Å². The summed E-state index contributed by atoms with van der Waals surface area (Å²) in [6, 6.07) is 13.5. The van der Waals surface area contributed by atoms with E-state index in [-0.39, 0.29) is 24.3 Å². The van der Waals surface area contributed by atoms with E-state index >= 15 is 0 Å². The van der Waals surface area contributed by atoms with Crippen LogP contribution in [0.5, 0.6) is 0 Å². The maximum Gasteiger partial charge on any atom is 0.222 e. The van der Waals surface area contributed by atoms with Crippen molar-refractivity contribution in [2.24, 2.45) is 0 Å². The number of benzene rings is 1. The first kappa shape index (κ1) is 17.7. The molecule has 2 amide bonds. The number of hydrogen-bond donors (Lipinski definition) is 1. The van der Waals surface area contributed by atoms with Crippen LogP contribution in [0.15, 0.2) is 54.9 Å². The van der Waals surface area contributed by atoms with Gasteiger partial charge >= 0.3 is 0 Å². The number of aromatic nitrogens is 1. The molecule has 0 saturated heterocycles. The highest BCUT2D eigenvalue weighted by molar-refractivity contribution is 5.78. The molecule has 0 saturated carbocycles. The Labute approximate surface area is 142 Å². The van der Waals surface area contributed by atoms with Crippen LogP contribution in [-0.4, -0.2) is 28.2 Å². The van der Waals surface area contributed by atoms with E-state index in [1.54, 1.807) is 17.3 Å². The van der Waals surface area contributed by atoms with Gasteiger partial charge < -0.3 is 10.2 Å². The van der Waals surface area contributed by atoms with Crippen LogP contribution in [0.3, 0.4) is 0 Å². The average Bonchev–Trinajstić information content (AvgIpc) is 2.61. The topological polar surface area (TPSA) is 62.3 Å². The highest BCUT2D eigenvalue weighted by Gasteiger charge is 2.19. The Morgan fingerprint density at radius 3 is 2.42 bits per heavy atom. The number of pyridine rings is 1. The van der Waals surface area contributed by atoms with Gasteiger partial charge in [0.25, 0.3) is 0 Å². The first-order chi connectivity index (χ1) is 11.6. The van der Waals surface area contributed by atoms with Crippen molar-refractivity contribution in [1.82, 2.24) is 15.2 Å². The van der Waals surface area contributed by atoms with Gasteiger partial charge in [-0.2, -0.15) is 0 Å². The summed E-state index contributed by atoms with van der Waals surface area (Å²) in [6.45, 7) is 4.38. The molecule has 0 aliphatic heterocycles. The Kier molecular flexibility index (Phi) is 6.49. The number of amides is 2. The molecular weight excluding hydrogens is 302 g/mol. The van der Waals surface area contributed by atoms with E-state index in [1.165, 1.54) is 6.92 Å². The second-order valence-electron chi connectivity index (χ2n) is 5.68. The van der Waals surface area contributed by atoms with Crippen LogP contribution in [0.2, 0.25) is 0 Å². The number of carbonyl (C=O) groups is 2. The number of nitrogens with zero attached hydrogens (tertiary/aromatic N) is 2. The van der Waals surface area contributed by atoms with E-state index in [4.69, 9.17) is 0 Å². The summed E-state index contributed by atoms with van der Waals surface area (Å²) in [4.78, 5) is 29.6. The Hall–Kier alpha value is -2.69. The van der Waals surface area contributed by atoms with Gasteiger partial charge in [-0.15, -0.1) is 0 Å². The molecule has 126 valence electrons. The van der Waals surface area contributed by atoms with Gasteiger partial charge in [-0.05, 0) is 30.2 Å². The third-order valence-corrected chi connectivity index (χ3v) is 3.97. The average molecular weight is 325 g/mol. The monoisotopic (exact) mass is 325 g/mol. The molecule has 5 heteroatoms. The second-order valence-corrected chi connectivity index (χ2v) is 5.68. The summed E-state index contributed by atoms with van der Waals surface area (Å²) in [6.07, 6.45) is 3.67. The number of nitrogens with one attached hydrogen (secondary N) is 1. The van der Waals surface area contributed by atoms with Crippen LogP contribution < -0.4 is 5.32 Å². The molecule has 1 heterocycles. The van der Waals surface area contributed by atoms with Crippen molar-refractivity contribution in [3.05, 3.63) is 66.0 Å². The van der Waals surface area contributed by atoms with E-state index in [9.17, 15) is 9.59 Å². The minimum Gasteiger partial charge on any atom is -0.352 e. The number of rotatable bonds is 7. The van der Waals surface area contributed by atoms with Gasteiger partial charge in [0, 0.05) is 38.8 Å². The van der Waals surface area contributed by atoms with Crippen molar-refractivity contribution in [3.8, 4) is 0 Å². The van der Waals surface area contributed by atoms with E-state index < -0.39 is 0 Å². The van der Waals surface area contributed by atoms with E-state index in [2.05, 4.69) is 10.3 Å². The highest BCUT2D eigenvalue weighted by Crippen LogP contribution is 2.20. The third-order valence-electron chi connectivity index (χ3n) is 3.97. The summed E-state index contributed by atoms with van der Waals surface area (Å²) < 4.78 is 0. The van der Waals surface area contributed by atoms with Gasteiger partial charge in [-0.3, -0.25) is 14.6 Å². The molecule has 1 aromatic heterocycles. The highest BCUT2D eigenvalue weighted by atomic mass is 16.2. The minimum absolute atomic E-state index is 0.0340. The standard InChI is InChI=1S/C19H23N3O2/c1-15(18-6-4-3-5-7-18)22(16(2)23)13-10-19(24)21-14-17-8-11-20-12-9-17/h3-9,11-12,15H,10,13-14H2,1-2H3,(H,21,24). The summed E-state index contributed by atoms with van der Waals surface area (Å²) in [5, 5.41) is 2.87. The van der Waals surface area contributed by atoms with Gasteiger partial charge in [0.05, 0.1) is 6.04 Å². The zero-order valence-corrected chi connectivity index (χ0v) is 14.1. The molecular formula is C19H23N3O2. The Morgan fingerprint density at radius 2 is 1.79 bits per heavy atom. The van der Waals surface area contributed by atoms with Gasteiger partial charge in [0.1, 0.15) is 0 Å².